The van der Waals surface area contributed by atoms with Crippen LogP contribution in [0.1, 0.15) is 25.7 Å². The molecule has 13 heavy (non-hydrogen) atoms. The zero-order valence-electron chi connectivity index (χ0n) is 7.57. The molecule has 0 spiro atoms. The van der Waals surface area contributed by atoms with Gasteiger partial charge in [0.05, 0.1) is 18.7 Å². The quantitative estimate of drug-likeness (QED) is 0.666. The second-order valence-corrected chi connectivity index (χ2v) is 3.25. The number of hydrogen-bond acceptors (Lipinski definition) is 3. The fraction of sp³-hybridized carbons (Fsp3) is 0.778. The summed E-state index contributed by atoms with van der Waals surface area (Å²) in [4.78, 5) is 13.0. The molecule has 0 bridgehead atoms. The molecule has 1 rings (SSSR count). The van der Waals surface area contributed by atoms with E-state index in [9.17, 15) is 4.79 Å². The highest BCUT2D eigenvalue weighted by Gasteiger charge is 2.25. The molecule has 1 N–H and O–H groups in total. The van der Waals surface area contributed by atoms with Gasteiger partial charge < -0.3 is 10.0 Å². The number of piperidine rings is 1. The predicted octanol–water partition coefficient (Wildman–Crippen LogP) is 0.273. The Bertz CT molecular complexity index is 222. The second-order valence-electron chi connectivity index (χ2n) is 3.25. The number of carbonyl (C=O) groups excluding carboxylic acids is 1. The molecular weight excluding hydrogens is 168 g/mol. The summed E-state index contributed by atoms with van der Waals surface area (Å²) in [6.45, 7) is 0.697. The SMILES string of the molecule is N#CCC(=O)N1CCCC[C@H]1CO. The highest BCUT2D eigenvalue weighted by molar-refractivity contribution is 5.78. The third-order valence-corrected chi connectivity index (χ3v) is 2.39. The highest BCUT2D eigenvalue weighted by Crippen LogP contribution is 2.17. The Balaban J connectivity index is 2.54. The number of nitrogens with zero attached hydrogens (tertiary/aromatic N) is 2. The third kappa shape index (κ3) is 2.43. The molecule has 0 aromatic rings. The largest absolute Gasteiger partial charge is 0.394 e. The van der Waals surface area contributed by atoms with Gasteiger partial charge in [-0.25, -0.2) is 0 Å². The molecule has 0 aromatic heterocycles. The van der Waals surface area contributed by atoms with Gasteiger partial charge in [0.2, 0.25) is 5.91 Å². The van der Waals surface area contributed by atoms with Crippen LogP contribution in [0.4, 0.5) is 0 Å². The third-order valence-electron chi connectivity index (χ3n) is 2.39. The molecule has 1 fully saturated rings. The first kappa shape index (κ1) is 10.0. The van der Waals surface area contributed by atoms with E-state index in [2.05, 4.69) is 0 Å². The molecule has 1 heterocycles. The van der Waals surface area contributed by atoms with Crippen LogP contribution >= 0.6 is 0 Å². The Morgan fingerprint density at radius 2 is 2.38 bits per heavy atom. The smallest absolute Gasteiger partial charge is 0.237 e. The van der Waals surface area contributed by atoms with Gasteiger partial charge in [0, 0.05) is 6.54 Å². The summed E-state index contributed by atoms with van der Waals surface area (Å²) in [5.74, 6) is -0.152. The van der Waals surface area contributed by atoms with Crippen LogP contribution in [0.5, 0.6) is 0 Å². The zero-order chi connectivity index (χ0) is 9.68. The summed E-state index contributed by atoms with van der Waals surface area (Å²) in [7, 11) is 0. The van der Waals surface area contributed by atoms with Crippen molar-refractivity contribution < 1.29 is 9.90 Å². The monoisotopic (exact) mass is 182 g/mol. The van der Waals surface area contributed by atoms with Crippen molar-refractivity contribution in [2.24, 2.45) is 0 Å². The summed E-state index contributed by atoms with van der Waals surface area (Å²) in [5.41, 5.74) is 0. The minimum Gasteiger partial charge on any atom is -0.394 e. The fourth-order valence-electron chi connectivity index (χ4n) is 1.69. The minimum atomic E-state index is -0.152. The Morgan fingerprint density at radius 1 is 1.62 bits per heavy atom. The molecule has 1 amide bonds. The molecule has 0 saturated carbocycles. The van der Waals surface area contributed by atoms with E-state index in [4.69, 9.17) is 10.4 Å². The van der Waals surface area contributed by atoms with E-state index in [1.165, 1.54) is 0 Å². The normalized spacial score (nSPS) is 22.5. The van der Waals surface area contributed by atoms with Gasteiger partial charge >= 0.3 is 0 Å². The number of amides is 1. The second kappa shape index (κ2) is 4.83. The lowest BCUT2D eigenvalue weighted by Crippen LogP contribution is -2.45. The summed E-state index contributed by atoms with van der Waals surface area (Å²) in [6.07, 6.45) is 2.82. The Labute approximate surface area is 77.8 Å². The van der Waals surface area contributed by atoms with E-state index >= 15 is 0 Å². The van der Waals surface area contributed by atoms with Crippen molar-refractivity contribution in [3.05, 3.63) is 0 Å². The molecule has 1 aliphatic heterocycles. The maximum atomic E-state index is 11.4. The molecule has 4 heteroatoms. The molecule has 0 unspecified atom stereocenters. The average molecular weight is 182 g/mol. The van der Waals surface area contributed by atoms with Gasteiger partial charge in [-0.2, -0.15) is 5.26 Å². The van der Waals surface area contributed by atoms with Crippen molar-refractivity contribution >= 4 is 5.91 Å². The number of likely N-dealkylation sites (tertiary alicyclic amines) is 1. The van der Waals surface area contributed by atoms with Gasteiger partial charge in [0.25, 0.3) is 0 Å². The predicted molar refractivity (Wildman–Crippen MR) is 46.7 cm³/mol. The molecule has 4 nitrogen and oxygen atoms in total. The van der Waals surface area contributed by atoms with E-state index in [1.54, 1.807) is 4.90 Å². The van der Waals surface area contributed by atoms with Crippen molar-refractivity contribution in [1.82, 2.24) is 4.90 Å². The summed E-state index contributed by atoms with van der Waals surface area (Å²) >= 11 is 0. The number of aliphatic hydroxyl groups excluding tert-OH is 1. The molecule has 0 aromatic carbocycles. The Morgan fingerprint density at radius 3 is 3.00 bits per heavy atom. The summed E-state index contributed by atoms with van der Waals surface area (Å²) < 4.78 is 0. The maximum Gasteiger partial charge on any atom is 0.237 e. The molecule has 0 radical (unpaired) electrons. The molecule has 0 aliphatic carbocycles. The van der Waals surface area contributed by atoms with Crippen LogP contribution in [0.15, 0.2) is 0 Å². The fourth-order valence-corrected chi connectivity index (χ4v) is 1.69. The lowest BCUT2D eigenvalue weighted by atomic mass is 10.0. The van der Waals surface area contributed by atoms with E-state index in [1.807, 2.05) is 6.07 Å². The number of aliphatic hydroxyl groups is 1. The molecule has 1 atom stereocenters. The first-order valence-corrected chi connectivity index (χ1v) is 4.57. The van der Waals surface area contributed by atoms with E-state index in [0.717, 1.165) is 19.3 Å². The van der Waals surface area contributed by atoms with Crippen LogP contribution in [0.2, 0.25) is 0 Å². The van der Waals surface area contributed by atoms with E-state index in [0.29, 0.717) is 6.54 Å². The minimum absolute atomic E-state index is 0.0111. The van der Waals surface area contributed by atoms with Gasteiger partial charge in [-0.05, 0) is 19.3 Å². The zero-order valence-corrected chi connectivity index (χ0v) is 7.57. The topological polar surface area (TPSA) is 64.3 Å². The standard InChI is InChI=1S/C9H14N2O2/c10-5-4-9(13)11-6-2-1-3-8(11)7-12/h8,12H,1-4,6-7H2/t8-/m0/s1. The molecule has 1 aliphatic rings. The lowest BCUT2D eigenvalue weighted by molar-refractivity contribution is -0.134. The van der Waals surface area contributed by atoms with Crippen molar-refractivity contribution in [2.45, 2.75) is 31.7 Å². The van der Waals surface area contributed by atoms with Crippen molar-refractivity contribution in [3.63, 3.8) is 0 Å². The van der Waals surface area contributed by atoms with Crippen LogP contribution in [0.25, 0.3) is 0 Å². The van der Waals surface area contributed by atoms with Crippen LogP contribution in [-0.2, 0) is 4.79 Å². The highest BCUT2D eigenvalue weighted by atomic mass is 16.3. The Kier molecular flexibility index (Phi) is 3.71. The molecule has 1 saturated heterocycles. The van der Waals surface area contributed by atoms with E-state index < -0.39 is 0 Å². The number of rotatable bonds is 2. The van der Waals surface area contributed by atoms with Gasteiger partial charge in [0.1, 0.15) is 6.42 Å². The maximum absolute atomic E-state index is 11.4. The number of carbonyl (C=O) groups is 1. The van der Waals surface area contributed by atoms with E-state index in [-0.39, 0.29) is 25.0 Å². The number of hydrogen-bond donors (Lipinski definition) is 1. The van der Waals surface area contributed by atoms with Crippen LogP contribution < -0.4 is 0 Å². The van der Waals surface area contributed by atoms with Crippen molar-refractivity contribution in [1.29, 1.82) is 5.26 Å². The van der Waals surface area contributed by atoms with Crippen LogP contribution in [0, 0.1) is 11.3 Å². The van der Waals surface area contributed by atoms with Gasteiger partial charge in [-0.15, -0.1) is 0 Å². The van der Waals surface area contributed by atoms with Crippen molar-refractivity contribution in [3.8, 4) is 6.07 Å². The van der Waals surface area contributed by atoms with Crippen molar-refractivity contribution in [2.75, 3.05) is 13.2 Å². The summed E-state index contributed by atoms with van der Waals surface area (Å²) in [6, 6.07) is 1.78. The lowest BCUT2D eigenvalue weighted by Gasteiger charge is -2.34. The first-order chi connectivity index (χ1) is 6.29. The summed E-state index contributed by atoms with van der Waals surface area (Å²) in [5, 5.41) is 17.4. The van der Waals surface area contributed by atoms with Gasteiger partial charge in [-0.3, -0.25) is 4.79 Å². The average Bonchev–Trinajstić information content (AvgIpc) is 2.18. The van der Waals surface area contributed by atoms with Gasteiger partial charge in [0.15, 0.2) is 0 Å². The Hall–Kier alpha value is -1.08. The molecule has 72 valence electrons. The van der Waals surface area contributed by atoms with Crippen LogP contribution in [0.3, 0.4) is 0 Å². The first-order valence-electron chi connectivity index (χ1n) is 4.57. The molecular formula is C9H14N2O2. The number of nitriles is 1. The van der Waals surface area contributed by atoms with Gasteiger partial charge in [-0.1, -0.05) is 0 Å². The van der Waals surface area contributed by atoms with Crippen LogP contribution in [-0.4, -0.2) is 35.1 Å².